The lowest BCUT2D eigenvalue weighted by Crippen LogP contribution is -2.38. The molecule has 1 aliphatic heterocycles. The number of hydrogen-bond donors (Lipinski definition) is 7. The summed E-state index contributed by atoms with van der Waals surface area (Å²) < 4.78 is 54.1. The van der Waals surface area contributed by atoms with Gasteiger partial charge in [0.05, 0.1) is 139 Å². The molecule has 0 aromatic rings. The Kier molecular flexibility index (Phi) is 44.6. The minimum atomic E-state index is -0.508. The van der Waals surface area contributed by atoms with Crippen molar-refractivity contribution >= 4 is 74.0 Å². The van der Waals surface area contributed by atoms with E-state index in [-0.39, 0.29) is 51.7 Å². The number of hydrogen-bond acceptors (Lipinski definition) is 19. The number of thiol groups is 4. The SMILES string of the molecule is CC(=O)/C(S)=C(/S)C(=O)NCCCNCCCNC(=O)/C(S)=C(/S)C(=O)N1CCOCCOCCOCCOCCOCC1.CCCOCCOCCOCCOCCOCCC. The number of carbonyl (C=O) groups excluding carboxylic acids is 4. The van der Waals surface area contributed by atoms with E-state index in [9.17, 15) is 19.2 Å². The lowest BCUT2D eigenvalue weighted by molar-refractivity contribution is -0.128. The van der Waals surface area contributed by atoms with Crippen molar-refractivity contribution in [1.82, 2.24) is 20.9 Å². The molecule has 63 heavy (non-hydrogen) atoms. The number of ketones is 1. The average Bonchev–Trinajstić information content (AvgIpc) is 3.28. The number of Topliss-reactive ketones (excluding diaryl/α,β-unsaturated/α-hetero) is 1. The molecule has 0 unspecified atom stereocenters. The van der Waals surface area contributed by atoms with Crippen LogP contribution in [0, 0.1) is 0 Å². The van der Waals surface area contributed by atoms with Crippen molar-refractivity contribution in [3.63, 3.8) is 0 Å². The van der Waals surface area contributed by atoms with Crippen molar-refractivity contribution in [2.45, 2.75) is 46.5 Å². The van der Waals surface area contributed by atoms with Crippen molar-refractivity contribution in [3.05, 3.63) is 19.6 Å². The molecule has 0 bridgehead atoms. The molecule has 368 valence electrons. The van der Waals surface area contributed by atoms with Crippen LogP contribution in [0.5, 0.6) is 0 Å². The number of ether oxygens (including phenoxy) is 10. The van der Waals surface area contributed by atoms with E-state index in [1.165, 1.54) is 11.8 Å². The van der Waals surface area contributed by atoms with Crippen LogP contribution in [-0.4, -0.2) is 200 Å². The highest BCUT2D eigenvalue weighted by atomic mass is 32.1. The first-order valence-corrected chi connectivity index (χ1v) is 23.5. The molecule has 1 fully saturated rings. The van der Waals surface area contributed by atoms with Gasteiger partial charge in [0, 0.05) is 39.4 Å². The quantitative estimate of drug-likeness (QED) is 0.0342. The maximum absolute atomic E-state index is 13.1. The van der Waals surface area contributed by atoms with Gasteiger partial charge in [0.25, 0.3) is 17.7 Å². The zero-order chi connectivity index (χ0) is 46.6. The van der Waals surface area contributed by atoms with Crippen LogP contribution >= 0.6 is 50.5 Å². The second kappa shape index (κ2) is 45.7. The fourth-order valence-corrected chi connectivity index (χ4v) is 5.43. The number of amides is 3. The van der Waals surface area contributed by atoms with E-state index in [2.05, 4.69) is 80.3 Å². The van der Waals surface area contributed by atoms with Crippen LogP contribution in [-0.2, 0) is 66.5 Å². The Labute approximate surface area is 397 Å². The van der Waals surface area contributed by atoms with Crippen molar-refractivity contribution in [2.24, 2.45) is 0 Å². The van der Waals surface area contributed by atoms with Gasteiger partial charge in [-0.05, 0) is 45.7 Å². The first-order valence-electron chi connectivity index (χ1n) is 21.7. The number of nitrogens with zero attached hydrogens (tertiary/aromatic N) is 1. The highest BCUT2D eigenvalue weighted by molar-refractivity contribution is 7.90. The Bertz CT molecular complexity index is 1220. The van der Waals surface area contributed by atoms with Crippen LogP contribution < -0.4 is 16.0 Å². The molecule has 0 spiro atoms. The van der Waals surface area contributed by atoms with Gasteiger partial charge in [-0.1, -0.05) is 13.8 Å². The highest BCUT2D eigenvalue weighted by Gasteiger charge is 2.21. The van der Waals surface area contributed by atoms with Gasteiger partial charge in [-0.15, -0.1) is 50.5 Å². The summed E-state index contributed by atoms with van der Waals surface area (Å²) in [6.07, 6.45) is 3.37. The second-order valence-electron chi connectivity index (χ2n) is 13.3. The van der Waals surface area contributed by atoms with E-state index in [4.69, 9.17) is 47.4 Å². The second-order valence-corrected chi connectivity index (χ2v) is 15.1. The van der Waals surface area contributed by atoms with Gasteiger partial charge in [0.2, 0.25) is 0 Å². The van der Waals surface area contributed by atoms with E-state index >= 15 is 0 Å². The van der Waals surface area contributed by atoms with Gasteiger partial charge in [-0.3, -0.25) is 19.2 Å². The summed E-state index contributed by atoms with van der Waals surface area (Å²) in [6.45, 7) is 18.6. The molecule has 0 saturated carbocycles. The molecule has 1 aliphatic rings. The van der Waals surface area contributed by atoms with Crippen LogP contribution in [0.15, 0.2) is 19.6 Å². The summed E-state index contributed by atoms with van der Waals surface area (Å²) in [6, 6.07) is 0. The predicted octanol–water partition coefficient (Wildman–Crippen LogP) is 2.13. The molecule has 1 saturated heterocycles. The fourth-order valence-electron chi connectivity index (χ4n) is 4.67. The van der Waals surface area contributed by atoms with E-state index in [0.29, 0.717) is 145 Å². The number of nitrogens with one attached hydrogen (secondary N) is 3. The van der Waals surface area contributed by atoms with Crippen LogP contribution in [0.1, 0.15) is 46.5 Å². The third-order valence-electron chi connectivity index (χ3n) is 8.02. The number of carbonyl (C=O) groups is 4. The molecule has 0 aromatic heterocycles. The zero-order valence-corrected chi connectivity index (χ0v) is 41.2. The smallest absolute Gasteiger partial charge is 0.261 e. The van der Waals surface area contributed by atoms with Crippen molar-refractivity contribution in [2.75, 3.05) is 171 Å². The van der Waals surface area contributed by atoms with Gasteiger partial charge < -0.3 is 68.2 Å². The molecule has 0 aliphatic carbocycles. The van der Waals surface area contributed by atoms with Gasteiger partial charge in [-0.25, -0.2) is 0 Å². The monoisotopic (exact) mass is 976 g/mol. The van der Waals surface area contributed by atoms with E-state index in [1.54, 1.807) is 0 Å². The van der Waals surface area contributed by atoms with Gasteiger partial charge in [0.1, 0.15) is 0 Å². The summed E-state index contributed by atoms with van der Waals surface area (Å²) in [5.74, 6) is -1.75. The molecule has 0 atom stereocenters. The summed E-state index contributed by atoms with van der Waals surface area (Å²) >= 11 is 16.6. The average molecular weight is 977 g/mol. The molecule has 22 heteroatoms. The normalized spacial score (nSPS) is 15.8. The third kappa shape index (κ3) is 37.3. The minimum absolute atomic E-state index is 0.0145. The Morgan fingerprint density at radius 2 is 0.778 bits per heavy atom. The van der Waals surface area contributed by atoms with Crippen molar-refractivity contribution in [3.8, 4) is 0 Å². The topological polar surface area (TPSA) is 200 Å². The Balaban J connectivity index is 0.00000169. The summed E-state index contributed by atoms with van der Waals surface area (Å²) in [5, 5.41) is 8.62. The first kappa shape index (κ1) is 61.5. The molecular weight excluding hydrogens is 901 g/mol. The Morgan fingerprint density at radius 3 is 1.11 bits per heavy atom. The van der Waals surface area contributed by atoms with E-state index < -0.39 is 17.7 Å². The predicted molar refractivity (Wildman–Crippen MR) is 254 cm³/mol. The molecular formula is C41H76N4O14S4. The molecule has 3 amide bonds. The first-order chi connectivity index (χ1) is 30.6. The maximum atomic E-state index is 13.1. The number of allylic oxidation sites excluding steroid dienone is 1. The highest BCUT2D eigenvalue weighted by Crippen LogP contribution is 2.17. The standard InChI is InChI=1S/C27H46N4O9S4.C14H30O5/c1-20(32)21(41)22(42)25(33)29-6-2-4-28-5-3-7-30-26(34)23(43)24(44)27(35)31-8-10-36-12-14-38-16-18-40-19-17-39-15-13-37-11-9-31;1-3-5-15-7-9-17-11-13-19-14-12-18-10-8-16-6-4-2/h28,41-44H,2-19H2,1H3,(H,29,33)(H,30,34);3-14H2,1-2H3/b22-21-,24-23-;. The summed E-state index contributed by atoms with van der Waals surface area (Å²) in [5.41, 5.74) is 0. The lowest BCUT2D eigenvalue weighted by Gasteiger charge is -2.23. The van der Waals surface area contributed by atoms with Gasteiger partial charge in [-0.2, -0.15) is 0 Å². The number of rotatable bonds is 28. The Hall–Kier alpha value is -1.48. The van der Waals surface area contributed by atoms with Crippen molar-refractivity contribution < 1.29 is 66.5 Å². The van der Waals surface area contributed by atoms with Gasteiger partial charge >= 0.3 is 0 Å². The van der Waals surface area contributed by atoms with Crippen LogP contribution in [0.3, 0.4) is 0 Å². The lowest BCUT2D eigenvalue weighted by atomic mass is 10.3. The van der Waals surface area contributed by atoms with Crippen molar-refractivity contribution in [1.29, 1.82) is 0 Å². The van der Waals surface area contributed by atoms with Crippen LogP contribution in [0.4, 0.5) is 0 Å². The fraction of sp³-hybridized carbons (Fsp3) is 0.805. The zero-order valence-electron chi connectivity index (χ0n) is 37.7. The van der Waals surface area contributed by atoms with Crippen LogP contribution in [0.2, 0.25) is 0 Å². The van der Waals surface area contributed by atoms with E-state index in [1.807, 2.05) is 0 Å². The maximum Gasteiger partial charge on any atom is 0.261 e. The van der Waals surface area contributed by atoms with E-state index in [0.717, 1.165) is 26.1 Å². The van der Waals surface area contributed by atoms with Gasteiger partial charge in [0.15, 0.2) is 5.78 Å². The molecule has 1 heterocycles. The summed E-state index contributed by atoms with van der Waals surface area (Å²) in [7, 11) is 0. The largest absolute Gasteiger partial charge is 0.379 e. The molecule has 18 nitrogen and oxygen atoms in total. The molecule has 0 aromatic carbocycles. The van der Waals surface area contributed by atoms with Crippen LogP contribution in [0.25, 0.3) is 0 Å². The molecule has 3 N–H and O–H groups in total. The minimum Gasteiger partial charge on any atom is -0.379 e. The summed E-state index contributed by atoms with van der Waals surface area (Å²) in [4.78, 5) is 50.3. The Morgan fingerprint density at radius 1 is 0.460 bits per heavy atom. The molecule has 1 rings (SSSR count). The molecule has 0 radical (unpaired) electrons. The third-order valence-corrected chi connectivity index (χ3v) is 10.2.